The van der Waals surface area contributed by atoms with Gasteiger partial charge in [0, 0.05) is 19.3 Å². The van der Waals surface area contributed by atoms with Gasteiger partial charge in [-0.2, -0.15) is 0 Å². The summed E-state index contributed by atoms with van der Waals surface area (Å²) in [6.07, 6.45) is 8.06. The van der Waals surface area contributed by atoms with Gasteiger partial charge < -0.3 is 4.90 Å². The van der Waals surface area contributed by atoms with E-state index in [-0.39, 0.29) is 0 Å². The number of benzene rings is 1. The lowest BCUT2D eigenvalue weighted by molar-refractivity contribution is 0.411. The van der Waals surface area contributed by atoms with Crippen molar-refractivity contribution in [1.29, 1.82) is 0 Å². The molecule has 1 saturated heterocycles. The summed E-state index contributed by atoms with van der Waals surface area (Å²) >= 11 is 0. The van der Waals surface area contributed by atoms with E-state index >= 15 is 0 Å². The van der Waals surface area contributed by atoms with Crippen molar-refractivity contribution in [2.24, 2.45) is 11.8 Å². The minimum Gasteiger partial charge on any atom is -0.370 e. The molecule has 0 N–H and O–H groups in total. The molecule has 1 fully saturated rings. The Morgan fingerprint density at radius 1 is 1.05 bits per heavy atom. The number of fused-ring (bicyclic) bond motifs is 1. The number of anilines is 1. The van der Waals surface area contributed by atoms with Crippen LogP contribution in [0.3, 0.4) is 0 Å². The minimum absolute atomic E-state index is 0.460. The van der Waals surface area contributed by atoms with Gasteiger partial charge in [0.05, 0.1) is 10.6 Å². The Balaban J connectivity index is 1.92. The van der Waals surface area contributed by atoms with Gasteiger partial charge in [-0.25, -0.2) is 8.42 Å². The Kier molecular flexibility index (Phi) is 3.13. The Hall–Kier alpha value is -1.29. The van der Waals surface area contributed by atoms with Gasteiger partial charge in [0.2, 0.25) is 0 Å². The van der Waals surface area contributed by atoms with Gasteiger partial charge in [0.25, 0.3) is 0 Å². The summed E-state index contributed by atoms with van der Waals surface area (Å²) in [7, 11) is -3.16. The van der Waals surface area contributed by atoms with Gasteiger partial charge in [-0.15, -0.1) is 0 Å². The molecule has 3 nitrogen and oxygen atoms in total. The van der Waals surface area contributed by atoms with Crippen LogP contribution in [0.2, 0.25) is 0 Å². The maximum atomic E-state index is 11.9. The van der Waals surface area contributed by atoms with Crippen molar-refractivity contribution in [1.82, 2.24) is 0 Å². The fraction of sp³-hybridized carbons (Fsp3) is 0.467. The molecule has 1 heterocycles. The molecule has 2 aliphatic rings. The molecule has 3 rings (SSSR count). The number of sulfone groups is 1. The second-order valence-corrected chi connectivity index (χ2v) is 7.59. The van der Waals surface area contributed by atoms with Crippen LogP contribution in [0.4, 0.5) is 5.69 Å². The molecule has 4 heteroatoms. The molecule has 2 unspecified atom stereocenters. The van der Waals surface area contributed by atoms with Crippen molar-refractivity contribution in [3.63, 3.8) is 0 Å². The maximum absolute atomic E-state index is 11.9. The highest BCUT2D eigenvalue weighted by Gasteiger charge is 2.34. The van der Waals surface area contributed by atoms with E-state index in [1.807, 2.05) is 12.1 Å². The van der Waals surface area contributed by atoms with Gasteiger partial charge in [0.15, 0.2) is 9.84 Å². The van der Waals surface area contributed by atoms with Gasteiger partial charge in [0.1, 0.15) is 0 Å². The van der Waals surface area contributed by atoms with Gasteiger partial charge in [-0.05, 0) is 36.8 Å². The van der Waals surface area contributed by atoms with E-state index in [2.05, 4.69) is 17.1 Å². The molecule has 0 radical (unpaired) electrons. The molecule has 102 valence electrons. The third-order valence-corrected chi connectivity index (χ3v) is 5.37. The lowest BCUT2D eigenvalue weighted by Crippen LogP contribution is -2.22. The monoisotopic (exact) mass is 277 g/mol. The molecule has 0 amide bonds. The van der Waals surface area contributed by atoms with E-state index in [0.29, 0.717) is 16.7 Å². The predicted octanol–water partition coefficient (Wildman–Crippen LogP) is 2.49. The average Bonchev–Trinajstić information content (AvgIpc) is 2.81. The number of allylic oxidation sites excluding steroid dienone is 2. The van der Waals surface area contributed by atoms with Crippen molar-refractivity contribution in [2.75, 3.05) is 24.2 Å². The van der Waals surface area contributed by atoms with E-state index < -0.39 is 9.84 Å². The largest absolute Gasteiger partial charge is 0.370 e. The van der Waals surface area contributed by atoms with Crippen LogP contribution in [0.1, 0.15) is 12.8 Å². The van der Waals surface area contributed by atoms with Crippen molar-refractivity contribution in [3.05, 3.63) is 36.4 Å². The summed E-state index contributed by atoms with van der Waals surface area (Å²) in [6, 6.07) is 7.36. The average molecular weight is 277 g/mol. The minimum atomic E-state index is -3.16. The first-order valence-corrected chi connectivity index (χ1v) is 8.64. The van der Waals surface area contributed by atoms with Crippen LogP contribution in [0.5, 0.6) is 0 Å². The first kappa shape index (κ1) is 12.7. The van der Waals surface area contributed by atoms with Crippen LogP contribution < -0.4 is 4.90 Å². The summed E-state index contributed by atoms with van der Waals surface area (Å²) in [5, 5.41) is 0. The van der Waals surface area contributed by atoms with Crippen LogP contribution >= 0.6 is 0 Å². The quantitative estimate of drug-likeness (QED) is 0.779. The number of rotatable bonds is 2. The number of para-hydroxylation sites is 1. The molecule has 0 saturated carbocycles. The molecular weight excluding hydrogens is 258 g/mol. The van der Waals surface area contributed by atoms with Crippen LogP contribution in [0.25, 0.3) is 0 Å². The van der Waals surface area contributed by atoms with Gasteiger partial charge >= 0.3 is 0 Å². The Bertz CT molecular complexity index is 590. The molecule has 19 heavy (non-hydrogen) atoms. The van der Waals surface area contributed by atoms with E-state index in [1.165, 1.54) is 6.26 Å². The molecule has 0 aromatic heterocycles. The zero-order valence-corrected chi connectivity index (χ0v) is 11.9. The van der Waals surface area contributed by atoms with Crippen molar-refractivity contribution < 1.29 is 8.42 Å². The topological polar surface area (TPSA) is 37.4 Å². The second-order valence-electron chi connectivity index (χ2n) is 5.61. The van der Waals surface area contributed by atoms with Crippen LogP contribution in [-0.4, -0.2) is 27.8 Å². The van der Waals surface area contributed by atoms with Crippen molar-refractivity contribution in [2.45, 2.75) is 17.7 Å². The maximum Gasteiger partial charge on any atom is 0.177 e. The van der Waals surface area contributed by atoms with E-state index in [0.717, 1.165) is 31.6 Å². The van der Waals surface area contributed by atoms with E-state index in [9.17, 15) is 8.42 Å². The third kappa shape index (κ3) is 2.41. The lowest BCUT2D eigenvalue weighted by Gasteiger charge is -2.21. The molecule has 2 atom stereocenters. The predicted molar refractivity (Wildman–Crippen MR) is 77.1 cm³/mol. The fourth-order valence-corrected chi connectivity index (χ4v) is 4.15. The summed E-state index contributed by atoms with van der Waals surface area (Å²) < 4.78 is 23.8. The number of hydrogen-bond donors (Lipinski definition) is 0. The molecule has 1 aliphatic carbocycles. The third-order valence-electron chi connectivity index (χ3n) is 4.23. The first-order valence-electron chi connectivity index (χ1n) is 6.75. The Morgan fingerprint density at radius 3 is 2.21 bits per heavy atom. The van der Waals surface area contributed by atoms with Crippen LogP contribution in [-0.2, 0) is 9.84 Å². The Morgan fingerprint density at radius 2 is 1.63 bits per heavy atom. The lowest BCUT2D eigenvalue weighted by atomic mass is 9.86. The van der Waals surface area contributed by atoms with Gasteiger partial charge in [-0.1, -0.05) is 24.3 Å². The summed E-state index contributed by atoms with van der Waals surface area (Å²) in [6.45, 7) is 1.95. The second kappa shape index (κ2) is 4.67. The SMILES string of the molecule is CS(=O)(=O)c1ccccc1N1CC2CC=CCC2C1. The zero-order valence-electron chi connectivity index (χ0n) is 11.1. The molecule has 0 spiro atoms. The zero-order chi connectivity index (χ0) is 13.5. The highest BCUT2D eigenvalue weighted by Crippen LogP contribution is 2.37. The number of nitrogens with zero attached hydrogens (tertiary/aromatic N) is 1. The summed E-state index contributed by atoms with van der Waals surface area (Å²) in [5.74, 6) is 1.36. The smallest absolute Gasteiger partial charge is 0.177 e. The highest BCUT2D eigenvalue weighted by atomic mass is 32.2. The first-order chi connectivity index (χ1) is 9.05. The normalized spacial score (nSPS) is 26.5. The summed E-state index contributed by atoms with van der Waals surface area (Å²) in [4.78, 5) is 2.71. The molecule has 1 aromatic rings. The number of hydrogen-bond acceptors (Lipinski definition) is 3. The highest BCUT2D eigenvalue weighted by molar-refractivity contribution is 7.90. The molecule has 1 aromatic carbocycles. The standard InChI is InChI=1S/C15H19NO2S/c1-19(17,18)15-9-5-4-8-14(15)16-10-12-6-2-3-7-13(12)11-16/h2-5,8-9,12-13H,6-7,10-11H2,1H3. The van der Waals surface area contributed by atoms with Crippen molar-refractivity contribution >= 4 is 15.5 Å². The van der Waals surface area contributed by atoms with E-state index in [4.69, 9.17) is 0 Å². The van der Waals surface area contributed by atoms with E-state index in [1.54, 1.807) is 12.1 Å². The molecule has 1 aliphatic heterocycles. The molecular formula is C15H19NO2S. The van der Waals surface area contributed by atoms with Crippen molar-refractivity contribution in [3.8, 4) is 0 Å². The Labute approximate surface area is 114 Å². The van der Waals surface area contributed by atoms with Crippen LogP contribution in [0, 0.1) is 11.8 Å². The van der Waals surface area contributed by atoms with Crippen LogP contribution in [0.15, 0.2) is 41.3 Å². The molecule has 0 bridgehead atoms. The van der Waals surface area contributed by atoms with Gasteiger partial charge in [-0.3, -0.25) is 0 Å². The summed E-state index contributed by atoms with van der Waals surface area (Å²) in [5.41, 5.74) is 0.874. The fourth-order valence-electron chi connectivity index (χ4n) is 3.24.